The summed E-state index contributed by atoms with van der Waals surface area (Å²) in [5.74, 6) is 1.27. The van der Waals surface area contributed by atoms with E-state index in [1.54, 1.807) is 68.5 Å². The number of halogens is 1. The van der Waals surface area contributed by atoms with Gasteiger partial charge in [0.25, 0.3) is 5.91 Å². The Hall–Kier alpha value is -2.93. The van der Waals surface area contributed by atoms with Gasteiger partial charge in [0.1, 0.15) is 11.8 Å². The summed E-state index contributed by atoms with van der Waals surface area (Å²) < 4.78 is 16.1. The molecule has 1 saturated heterocycles. The second-order valence-corrected chi connectivity index (χ2v) is 6.97. The fourth-order valence-electron chi connectivity index (χ4n) is 3.22. The Morgan fingerprint density at radius 1 is 1.07 bits per heavy atom. The molecule has 0 radical (unpaired) electrons. The smallest absolute Gasteiger partial charge is 0.261 e. The van der Waals surface area contributed by atoms with E-state index in [0.29, 0.717) is 41.0 Å². The lowest BCUT2D eigenvalue weighted by molar-refractivity contribution is -0.142. The summed E-state index contributed by atoms with van der Waals surface area (Å²) in [5, 5.41) is 0.592. The lowest BCUT2D eigenvalue weighted by atomic mass is 10.1. The van der Waals surface area contributed by atoms with Gasteiger partial charge in [0.05, 0.1) is 14.2 Å². The highest BCUT2D eigenvalue weighted by molar-refractivity contribution is 6.30. The van der Waals surface area contributed by atoms with Crippen LogP contribution < -0.4 is 19.1 Å². The lowest BCUT2D eigenvalue weighted by Gasteiger charge is -2.39. The fourth-order valence-corrected chi connectivity index (χ4v) is 3.35. The minimum Gasteiger partial charge on any atom is -0.493 e. The number of hydrogen-bond donors (Lipinski definition) is 0. The Balaban J connectivity index is 1.65. The maximum Gasteiger partial charge on any atom is 0.261 e. The number of piperazine rings is 1. The number of hydrogen-bond acceptors (Lipinski definition) is 5. The zero-order valence-electron chi connectivity index (χ0n) is 16.6. The second-order valence-electron chi connectivity index (χ2n) is 6.53. The molecule has 0 aliphatic carbocycles. The van der Waals surface area contributed by atoms with Crippen molar-refractivity contribution in [3.8, 4) is 17.2 Å². The number of rotatable bonds is 6. The van der Waals surface area contributed by atoms with Crippen LogP contribution in [0.2, 0.25) is 5.02 Å². The Morgan fingerprint density at radius 2 is 1.76 bits per heavy atom. The third kappa shape index (κ3) is 4.56. The third-order valence-corrected chi connectivity index (χ3v) is 5.08. The number of carbonyl (C=O) groups is 2. The van der Waals surface area contributed by atoms with Crippen LogP contribution in [0.1, 0.15) is 6.92 Å². The van der Waals surface area contributed by atoms with Crippen LogP contribution in [-0.2, 0) is 9.59 Å². The first-order valence-corrected chi connectivity index (χ1v) is 9.53. The second kappa shape index (κ2) is 9.05. The Morgan fingerprint density at radius 3 is 2.41 bits per heavy atom. The fraction of sp³-hybridized carbons (Fsp3) is 0.333. The normalized spacial score (nSPS) is 16.6. The van der Waals surface area contributed by atoms with Gasteiger partial charge in [0, 0.05) is 29.9 Å². The molecule has 29 heavy (non-hydrogen) atoms. The molecule has 1 aliphatic heterocycles. The average molecular weight is 419 g/mol. The van der Waals surface area contributed by atoms with E-state index in [4.69, 9.17) is 25.8 Å². The number of amides is 2. The Labute approximate surface area is 174 Å². The first-order valence-electron chi connectivity index (χ1n) is 9.16. The van der Waals surface area contributed by atoms with Gasteiger partial charge >= 0.3 is 0 Å². The summed E-state index contributed by atoms with van der Waals surface area (Å²) in [6.07, 6.45) is 0. The van der Waals surface area contributed by atoms with Crippen LogP contribution in [-0.4, -0.2) is 56.7 Å². The van der Waals surface area contributed by atoms with E-state index in [1.165, 1.54) is 4.90 Å². The van der Waals surface area contributed by atoms with Crippen LogP contribution in [0.5, 0.6) is 17.2 Å². The van der Waals surface area contributed by atoms with Crippen molar-refractivity contribution in [3.05, 3.63) is 47.5 Å². The van der Waals surface area contributed by atoms with Crippen LogP contribution >= 0.6 is 11.6 Å². The van der Waals surface area contributed by atoms with E-state index in [-0.39, 0.29) is 18.4 Å². The van der Waals surface area contributed by atoms with E-state index in [1.807, 2.05) is 0 Å². The first-order chi connectivity index (χ1) is 13.9. The third-order valence-electron chi connectivity index (χ3n) is 4.83. The zero-order chi connectivity index (χ0) is 21.0. The molecule has 0 bridgehead atoms. The van der Waals surface area contributed by atoms with Gasteiger partial charge in [0.15, 0.2) is 18.1 Å². The molecule has 8 heteroatoms. The van der Waals surface area contributed by atoms with Gasteiger partial charge in [-0.05, 0) is 43.3 Å². The van der Waals surface area contributed by atoms with Crippen molar-refractivity contribution in [1.29, 1.82) is 0 Å². The molecule has 0 aromatic heterocycles. The van der Waals surface area contributed by atoms with Crippen molar-refractivity contribution in [2.24, 2.45) is 0 Å². The lowest BCUT2D eigenvalue weighted by Crippen LogP contribution is -2.58. The van der Waals surface area contributed by atoms with E-state index in [9.17, 15) is 9.59 Å². The molecule has 2 amide bonds. The quantitative estimate of drug-likeness (QED) is 0.721. The summed E-state index contributed by atoms with van der Waals surface area (Å²) in [5.41, 5.74) is 0.698. The van der Waals surface area contributed by atoms with Crippen molar-refractivity contribution in [2.45, 2.75) is 13.0 Å². The Kier molecular flexibility index (Phi) is 6.49. The predicted octanol–water partition coefficient (Wildman–Crippen LogP) is 3.00. The zero-order valence-corrected chi connectivity index (χ0v) is 17.3. The van der Waals surface area contributed by atoms with E-state index >= 15 is 0 Å². The molecule has 1 heterocycles. The molecule has 1 fully saturated rings. The van der Waals surface area contributed by atoms with Crippen molar-refractivity contribution in [3.63, 3.8) is 0 Å². The largest absolute Gasteiger partial charge is 0.493 e. The van der Waals surface area contributed by atoms with E-state index in [0.717, 1.165) is 0 Å². The molecule has 0 N–H and O–H groups in total. The van der Waals surface area contributed by atoms with Crippen LogP contribution in [0.3, 0.4) is 0 Å². The van der Waals surface area contributed by atoms with Crippen molar-refractivity contribution in [2.75, 3.05) is 38.8 Å². The van der Waals surface area contributed by atoms with Gasteiger partial charge in [-0.15, -0.1) is 0 Å². The van der Waals surface area contributed by atoms with Gasteiger partial charge in [-0.1, -0.05) is 11.6 Å². The van der Waals surface area contributed by atoms with Crippen LogP contribution in [0, 0.1) is 0 Å². The molecule has 154 valence electrons. The van der Waals surface area contributed by atoms with Gasteiger partial charge in [0.2, 0.25) is 5.91 Å². The number of anilines is 1. The molecule has 1 atom stereocenters. The number of carbonyl (C=O) groups excluding carboxylic acids is 2. The molecule has 0 saturated carbocycles. The molecule has 0 spiro atoms. The molecule has 2 aromatic rings. The number of benzene rings is 2. The van der Waals surface area contributed by atoms with Crippen molar-refractivity contribution >= 4 is 29.1 Å². The molecule has 2 aromatic carbocycles. The molecular formula is C21H23ClN2O5. The number of nitrogens with zero attached hydrogens (tertiary/aromatic N) is 2. The summed E-state index contributed by atoms with van der Waals surface area (Å²) in [6.45, 7) is 2.36. The van der Waals surface area contributed by atoms with Gasteiger partial charge < -0.3 is 24.0 Å². The van der Waals surface area contributed by atoms with Crippen LogP contribution in [0.15, 0.2) is 42.5 Å². The maximum atomic E-state index is 12.9. The van der Waals surface area contributed by atoms with E-state index < -0.39 is 6.04 Å². The topological polar surface area (TPSA) is 68.3 Å². The predicted molar refractivity (Wildman–Crippen MR) is 110 cm³/mol. The molecule has 7 nitrogen and oxygen atoms in total. The highest BCUT2D eigenvalue weighted by atomic mass is 35.5. The molecular weight excluding hydrogens is 396 g/mol. The van der Waals surface area contributed by atoms with Crippen LogP contribution in [0.25, 0.3) is 0 Å². The molecule has 3 rings (SSSR count). The van der Waals surface area contributed by atoms with Crippen LogP contribution in [0.4, 0.5) is 5.69 Å². The highest BCUT2D eigenvalue weighted by Gasteiger charge is 2.35. The standard InChI is InChI=1S/C21H23ClN2O5/c1-14-21(26)24(16-6-9-18(27-2)19(12-16)28-3)11-10-23(14)20(25)13-29-17-7-4-15(22)5-8-17/h4-9,12,14H,10-11,13H2,1-3H3/t14-/m0/s1. The summed E-state index contributed by atoms with van der Waals surface area (Å²) in [6, 6.07) is 11.5. The van der Waals surface area contributed by atoms with Gasteiger partial charge in [-0.2, -0.15) is 0 Å². The maximum absolute atomic E-state index is 12.9. The molecule has 0 unspecified atom stereocenters. The van der Waals surface area contributed by atoms with Gasteiger partial charge in [-0.3, -0.25) is 9.59 Å². The first kappa shape index (κ1) is 20.8. The summed E-state index contributed by atoms with van der Waals surface area (Å²) in [4.78, 5) is 28.7. The average Bonchev–Trinajstić information content (AvgIpc) is 2.74. The minimum absolute atomic E-state index is 0.143. The number of ether oxygens (including phenoxy) is 3. The number of methoxy groups -OCH3 is 2. The summed E-state index contributed by atoms with van der Waals surface area (Å²) in [7, 11) is 3.10. The van der Waals surface area contributed by atoms with Crippen molar-refractivity contribution in [1.82, 2.24) is 4.90 Å². The summed E-state index contributed by atoms with van der Waals surface area (Å²) >= 11 is 5.84. The SMILES string of the molecule is COc1ccc(N2CCN(C(=O)COc3ccc(Cl)cc3)[C@@H](C)C2=O)cc1OC. The van der Waals surface area contributed by atoms with E-state index in [2.05, 4.69) is 0 Å². The Bertz CT molecular complexity index is 887. The monoisotopic (exact) mass is 418 g/mol. The molecule has 1 aliphatic rings. The van der Waals surface area contributed by atoms with Crippen molar-refractivity contribution < 1.29 is 23.8 Å². The highest BCUT2D eigenvalue weighted by Crippen LogP contribution is 2.32. The minimum atomic E-state index is -0.599. The van der Waals surface area contributed by atoms with Gasteiger partial charge in [-0.25, -0.2) is 0 Å².